The smallest absolute Gasteiger partial charge is 0.258 e. The topological polar surface area (TPSA) is 75.3 Å². The van der Waals surface area contributed by atoms with E-state index < -0.39 is 0 Å². The number of nitrogens with zero attached hydrogens (tertiary/aromatic N) is 2. The van der Waals surface area contributed by atoms with E-state index in [0.717, 1.165) is 11.3 Å². The average molecular weight is 320 g/mol. The van der Waals surface area contributed by atoms with Crippen LogP contribution in [0.25, 0.3) is 5.69 Å². The van der Waals surface area contributed by atoms with Crippen LogP contribution in [0.5, 0.6) is 0 Å². The molecule has 128 valence electrons. The van der Waals surface area contributed by atoms with Crippen molar-refractivity contribution in [2.24, 2.45) is 0 Å². The fraction of sp³-hybridized carbons (Fsp3) is 0.444. The second-order valence-corrected chi connectivity index (χ2v) is 5.64. The Morgan fingerprint density at radius 1 is 0.957 bits per heavy atom. The highest BCUT2D eigenvalue weighted by Gasteiger charge is 2.04. The monoisotopic (exact) mass is 320 g/mol. The van der Waals surface area contributed by atoms with E-state index in [0.29, 0.717) is 5.82 Å². The molecule has 0 bridgehead atoms. The van der Waals surface area contributed by atoms with Crippen LogP contribution in [0.15, 0.2) is 41.3 Å². The first-order valence-corrected chi connectivity index (χ1v) is 7.63. The molecule has 0 atom stereocenters. The maximum absolute atomic E-state index is 11.7. The molecule has 0 radical (unpaired) electrons. The SMILES string of the molecule is CC(C)O.CC(C)O.Cc1ccccc1-n1c(C)nccc1=O. The van der Waals surface area contributed by atoms with Crippen molar-refractivity contribution in [2.45, 2.75) is 53.8 Å². The Kier molecular flexibility index (Phi) is 9.78. The summed E-state index contributed by atoms with van der Waals surface area (Å²) in [5.41, 5.74) is 1.92. The first-order chi connectivity index (χ1) is 10.7. The summed E-state index contributed by atoms with van der Waals surface area (Å²) in [6.45, 7) is 10.7. The molecule has 5 nitrogen and oxygen atoms in total. The molecule has 0 spiro atoms. The van der Waals surface area contributed by atoms with Crippen molar-refractivity contribution in [3.63, 3.8) is 0 Å². The van der Waals surface area contributed by atoms with E-state index in [1.165, 1.54) is 12.3 Å². The van der Waals surface area contributed by atoms with Gasteiger partial charge in [-0.25, -0.2) is 4.98 Å². The summed E-state index contributed by atoms with van der Waals surface area (Å²) in [5.74, 6) is 0.705. The minimum Gasteiger partial charge on any atom is -0.394 e. The lowest BCUT2D eigenvalue weighted by molar-refractivity contribution is 0.215. The number of hydrogen-bond acceptors (Lipinski definition) is 4. The van der Waals surface area contributed by atoms with Crippen molar-refractivity contribution >= 4 is 0 Å². The van der Waals surface area contributed by atoms with Crippen molar-refractivity contribution in [3.8, 4) is 5.69 Å². The molecule has 0 fully saturated rings. The number of rotatable bonds is 1. The zero-order valence-electron chi connectivity index (χ0n) is 14.8. The van der Waals surface area contributed by atoms with Crippen LogP contribution >= 0.6 is 0 Å². The average Bonchev–Trinajstić information content (AvgIpc) is 2.39. The number of aliphatic hydroxyl groups is 2. The standard InChI is InChI=1S/C12H12N2O.2C3H8O/c1-9-5-3-4-6-11(9)14-10(2)13-8-7-12(14)15;2*1-3(2)4/h3-8H,1-2H3;2*3-4H,1-2H3. The number of aromatic nitrogens is 2. The van der Waals surface area contributed by atoms with E-state index in [-0.39, 0.29) is 17.8 Å². The Balaban J connectivity index is 0.000000509. The first-order valence-electron chi connectivity index (χ1n) is 7.63. The lowest BCUT2D eigenvalue weighted by atomic mass is 10.2. The minimum atomic E-state index is -0.167. The maximum atomic E-state index is 11.7. The zero-order chi connectivity index (χ0) is 18.0. The molecule has 2 aromatic rings. The number of para-hydroxylation sites is 1. The van der Waals surface area contributed by atoms with Gasteiger partial charge in [-0.3, -0.25) is 9.36 Å². The maximum Gasteiger partial charge on any atom is 0.258 e. The Labute approximate surface area is 138 Å². The van der Waals surface area contributed by atoms with Gasteiger partial charge >= 0.3 is 0 Å². The molecule has 0 aliphatic carbocycles. The zero-order valence-corrected chi connectivity index (χ0v) is 14.8. The van der Waals surface area contributed by atoms with Crippen molar-refractivity contribution in [3.05, 3.63) is 58.3 Å². The summed E-state index contributed by atoms with van der Waals surface area (Å²) in [7, 11) is 0. The van der Waals surface area contributed by atoms with E-state index in [2.05, 4.69) is 4.98 Å². The van der Waals surface area contributed by atoms with Crippen LogP contribution < -0.4 is 5.56 Å². The number of aliphatic hydroxyl groups excluding tert-OH is 2. The fourth-order valence-electron chi connectivity index (χ4n) is 1.61. The molecule has 1 aromatic carbocycles. The van der Waals surface area contributed by atoms with Crippen LogP contribution in [0.4, 0.5) is 0 Å². The molecule has 1 heterocycles. The summed E-state index contributed by atoms with van der Waals surface area (Å²) in [6, 6.07) is 9.25. The van der Waals surface area contributed by atoms with E-state index >= 15 is 0 Å². The number of hydrogen-bond donors (Lipinski definition) is 2. The van der Waals surface area contributed by atoms with Gasteiger partial charge < -0.3 is 10.2 Å². The molecule has 0 saturated carbocycles. The van der Waals surface area contributed by atoms with Crippen molar-refractivity contribution in [2.75, 3.05) is 0 Å². The minimum absolute atomic E-state index is 0.0446. The third-order valence-corrected chi connectivity index (χ3v) is 2.38. The molecule has 23 heavy (non-hydrogen) atoms. The van der Waals surface area contributed by atoms with Crippen LogP contribution in [-0.2, 0) is 0 Å². The summed E-state index contributed by atoms with van der Waals surface area (Å²) < 4.78 is 1.62. The molecule has 2 rings (SSSR count). The van der Waals surface area contributed by atoms with Crippen LogP contribution in [0.3, 0.4) is 0 Å². The predicted octanol–water partition coefficient (Wildman–Crippen LogP) is 2.62. The van der Waals surface area contributed by atoms with Crippen LogP contribution in [-0.4, -0.2) is 32.0 Å². The lowest BCUT2D eigenvalue weighted by Gasteiger charge is -2.10. The fourth-order valence-corrected chi connectivity index (χ4v) is 1.61. The number of aryl methyl sites for hydroxylation is 2. The molecule has 0 aliphatic heterocycles. The molecular formula is C18H28N2O3. The van der Waals surface area contributed by atoms with Crippen LogP contribution in [0, 0.1) is 13.8 Å². The van der Waals surface area contributed by atoms with E-state index in [9.17, 15) is 4.79 Å². The second-order valence-electron chi connectivity index (χ2n) is 5.64. The molecule has 5 heteroatoms. The molecular weight excluding hydrogens is 292 g/mol. The highest BCUT2D eigenvalue weighted by atomic mass is 16.3. The molecule has 0 unspecified atom stereocenters. The summed E-state index contributed by atoms with van der Waals surface area (Å²) in [6.07, 6.45) is 1.20. The Hall–Kier alpha value is -1.98. The van der Waals surface area contributed by atoms with Gasteiger partial charge in [0.2, 0.25) is 0 Å². The Morgan fingerprint density at radius 3 is 1.87 bits per heavy atom. The van der Waals surface area contributed by atoms with Crippen LogP contribution in [0.1, 0.15) is 39.1 Å². The lowest BCUT2D eigenvalue weighted by Crippen LogP contribution is -2.21. The largest absolute Gasteiger partial charge is 0.394 e. The molecule has 1 aromatic heterocycles. The molecule has 2 N–H and O–H groups in total. The summed E-state index contributed by atoms with van der Waals surface area (Å²) in [4.78, 5) is 15.8. The van der Waals surface area contributed by atoms with Gasteiger partial charge in [0.15, 0.2) is 0 Å². The van der Waals surface area contributed by atoms with Gasteiger partial charge in [0.05, 0.1) is 5.69 Å². The first kappa shape index (κ1) is 21.0. The molecule has 0 saturated heterocycles. The highest BCUT2D eigenvalue weighted by Crippen LogP contribution is 2.11. The third-order valence-electron chi connectivity index (χ3n) is 2.38. The van der Waals surface area contributed by atoms with Gasteiger partial charge in [-0.15, -0.1) is 0 Å². The summed E-state index contributed by atoms with van der Waals surface area (Å²) >= 11 is 0. The van der Waals surface area contributed by atoms with Gasteiger partial charge in [-0.05, 0) is 53.2 Å². The second kappa shape index (κ2) is 10.7. The number of benzene rings is 1. The normalized spacial score (nSPS) is 9.83. The summed E-state index contributed by atoms with van der Waals surface area (Å²) in [5, 5.41) is 16.1. The van der Waals surface area contributed by atoms with E-state index in [4.69, 9.17) is 10.2 Å². The third kappa shape index (κ3) is 8.90. The predicted molar refractivity (Wildman–Crippen MR) is 94.0 cm³/mol. The van der Waals surface area contributed by atoms with Crippen LogP contribution in [0.2, 0.25) is 0 Å². The van der Waals surface area contributed by atoms with E-state index in [1.54, 1.807) is 32.3 Å². The van der Waals surface area contributed by atoms with E-state index in [1.807, 2.05) is 38.1 Å². The molecule has 0 amide bonds. The van der Waals surface area contributed by atoms with Crippen molar-refractivity contribution in [1.29, 1.82) is 0 Å². The van der Waals surface area contributed by atoms with Crippen molar-refractivity contribution < 1.29 is 10.2 Å². The quantitative estimate of drug-likeness (QED) is 0.847. The van der Waals surface area contributed by atoms with Gasteiger partial charge in [0.25, 0.3) is 5.56 Å². The van der Waals surface area contributed by atoms with Gasteiger partial charge in [-0.1, -0.05) is 18.2 Å². The highest BCUT2D eigenvalue weighted by molar-refractivity contribution is 5.40. The Morgan fingerprint density at radius 2 is 1.43 bits per heavy atom. The van der Waals surface area contributed by atoms with Gasteiger partial charge in [0, 0.05) is 24.5 Å². The van der Waals surface area contributed by atoms with Gasteiger partial charge in [-0.2, -0.15) is 0 Å². The Bertz CT molecular complexity index is 623. The molecule has 0 aliphatic rings. The van der Waals surface area contributed by atoms with Gasteiger partial charge in [0.1, 0.15) is 5.82 Å². The van der Waals surface area contributed by atoms with Crippen molar-refractivity contribution in [1.82, 2.24) is 9.55 Å².